The highest BCUT2D eigenvalue weighted by atomic mass is 15.3. The molecule has 1 aromatic carbocycles. The zero-order valence-corrected chi connectivity index (χ0v) is 10.6. The molecule has 1 N–H and O–H groups in total. The average Bonchev–Trinajstić information content (AvgIpc) is 2.78. The van der Waals surface area contributed by atoms with Crippen LogP contribution in [0.3, 0.4) is 0 Å². The molecule has 0 radical (unpaired) electrons. The highest BCUT2D eigenvalue weighted by molar-refractivity contribution is 5.36. The van der Waals surface area contributed by atoms with E-state index in [4.69, 9.17) is 0 Å². The predicted molar refractivity (Wildman–Crippen MR) is 70.4 cm³/mol. The molecular weight excluding hydrogens is 210 g/mol. The fourth-order valence-corrected chi connectivity index (χ4v) is 2.05. The van der Waals surface area contributed by atoms with Crippen molar-refractivity contribution in [3.63, 3.8) is 0 Å². The maximum absolute atomic E-state index is 4.43. The zero-order valence-electron chi connectivity index (χ0n) is 10.6. The Kier molecular flexibility index (Phi) is 3.59. The molecule has 90 valence electrons. The molecule has 1 unspecified atom stereocenters. The number of nitrogens with one attached hydrogen (secondary N) is 1. The summed E-state index contributed by atoms with van der Waals surface area (Å²) in [5, 5.41) is 7.75. The number of nitrogens with zero attached hydrogens (tertiary/aromatic N) is 2. The van der Waals surface area contributed by atoms with Gasteiger partial charge in [-0.3, -0.25) is 0 Å². The summed E-state index contributed by atoms with van der Waals surface area (Å²) < 4.78 is 1.92. The predicted octanol–water partition coefficient (Wildman–Crippen LogP) is 2.85. The third kappa shape index (κ3) is 2.56. The first-order chi connectivity index (χ1) is 8.24. The lowest BCUT2D eigenvalue weighted by atomic mass is 10.0. The lowest BCUT2D eigenvalue weighted by Gasteiger charge is -2.15. The number of hydrogen-bond donors (Lipinski definition) is 1. The molecule has 3 heteroatoms. The molecule has 0 aliphatic rings. The van der Waals surface area contributed by atoms with Crippen molar-refractivity contribution < 1.29 is 0 Å². The number of hydrogen-bond acceptors (Lipinski definition) is 2. The van der Waals surface area contributed by atoms with Crippen molar-refractivity contribution >= 4 is 0 Å². The molecule has 0 aliphatic carbocycles. The van der Waals surface area contributed by atoms with Crippen molar-refractivity contribution in [2.24, 2.45) is 0 Å². The van der Waals surface area contributed by atoms with E-state index in [1.165, 1.54) is 5.56 Å². The fraction of sp³-hybridized carbons (Fsp3) is 0.357. The van der Waals surface area contributed by atoms with E-state index in [-0.39, 0.29) is 0 Å². The zero-order chi connectivity index (χ0) is 12.3. The molecule has 0 aliphatic heterocycles. The Balaban J connectivity index is 2.34. The van der Waals surface area contributed by atoms with Crippen LogP contribution >= 0.6 is 0 Å². The molecular formula is C14H19N3. The second-order valence-electron chi connectivity index (χ2n) is 4.25. The summed E-state index contributed by atoms with van der Waals surface area (Å²) in [6.45, 7) is 4.19. The van der Waals surface area contributed by atoms with Gasteiger partial charge in [-0.15, -0.1) is 0 Å². The maximum Gasteiger partial charge on any atom is 0.0648 e. The van der Waals surface area contributed by atoms with Crippen molar-refractivity contribution in [1.82, 2.24) is 15.1 Å². The van der Waals surface area contributed by atoms with Gasteiger partial charge < -0.3 is 5.32 Å². The first kappa shape index (κ1) is 11.9. The minimum Gasteiger partial charge on any atom is -0.313 e. The Labute approximate surface area is 102 Å². The first-order valence-electron chi connectivity index (χ1n) is 6.04. The monoisotopic (exact) mass is 229 g/mol. The summed E-state index contributed by atoms with van der Waals surface area (Å²) >= 11 is 0. The summed E-state index contributed by atoms with van der Waals surface area (Å²) in [6.07, 6.45) is 3.08. The van der Waals surface area contributed by atoms with Crippen molar-refractivity contribution in [3.05, 3.63) is 47.8 Å². The molecule has 2 rings (SSSR count). The molecule has 0 saturated heterocycles. The summed E-state index contributed by atoms with van der Waals surface area (Å²) in [7, 11) is 2.00. The van der Waals surface area contributed by atoms with Gasteiger partial charge in [0.1, 0.15) is 0 Å². The highest BCUT2D eigenvalue weighted by Crippen LogP contribution is 2.19. The van der Waals surface area contributed by atoms with Gasteiger partial charge in [0.2, 0.25) is 0 Å². The molecule has 2 aromatic rings. The van der Waals surface area contributed by atoms with Gasteiger partial charge >= 0.3 is 0 Å². The Hall–Kier alpha value is -1.61. The minimum absolute atomic E-state index is 0.409. The van der Waals surface area contributed by atoms with Crippen LogP contribution in [-0.4, -0.2) is 16.8 Å². The first-order valence-corrected chi connectivity index (χ1v) is 6.04. The fourth-order valence-electron chi connectivity index (χ4n) is 2.05. The van der Waals surface area contributed by atoms with Crippen LogP contribution in [0.1, 0.15) is 30.6 Å². The van der Waals surface area contributed by atoms with Crippen LogP contribution in [0.25, 0.3) is 5.69 Å². The van der Waals surface area contributed by atoms with E-state index in [9.17, 15) is 0 Å². The molecule has 1 atom stereocenters. The second kappa shape index (κ2) is 5.15. The van der Waals surface area contributed by atoms with Crippen LogP contribution in [0, 0.1) is 6.92 Å². The van der Waals surface area contributed by atoms with Crippen LogP contribution < -0.4 is 5.32 Å². The van der Waals surface area contributed by atoms with Gasteiger partial charge in [-0.25, -0.2) is 4.68 Å². The number of benzene rings is 1. The van der Waals surface area contributed by atoms with Gasteiger partial charge in [-0.05, 0) is 44.2 Å². The van der Waals surface area contributed by atoms with E-state index in [0.717, 1.165) is 17.8 Å². The lowest BCUT2D eigenvalue weighted by molar-refractivity contribution is 0.576. The van der Waals surface area contributed by atoms with Gasteiger partial charge in [0.15, 0.2) is 0 Å². The summed E-state index contributed by atoms with van der Waals surface area (Å²) in [4.78, 5) is 0. The standard InChI is InChI=1S/C14H19N3/c1-4-14(15-3)12-6-5-7-13(10-12)17-9-8-11(2)16-17/h5-10,14-15H,4H2,1-3H3. The Morgan fingerprint density at radius 2 is 2.18 bits per heavy atom. The lowest BCUT2D eigenvalue weighted by Crippen LogP contribution is -2.15. The van der Waals surface area contributed by atoms with E-state index in [1.807, 2.05) is 30.9 Å². The van der Waals surface area contributed by atoms with Crippen LogP contribution in [0.5, 0.6) is 0 Å². The molecule has 1 heterocycles. The molecule has 0 bridgehead atoms. The van der Waals surface area contributed by atoms with E-state index >= 15 is 0 Å². The summed E-state index contributed by atoms with van der Waals surface area (Å²) in [5.41, 5.74) is 3.46. The van der Waals surface area contributed by atoms with Crippen molar-refractivity contribution in [2.75, 3.05) is 7.05 Å². The Bertz CT molecular complexity index is 484. The number of aromatic nitrogens is 2. The molecule has 17 heavy (non-hydrogen) atoms. The average molecular weight is 229 g/mol. The van der Waals surface area contributed by atoms with E-state index in [0.29, 0.717) is 6.04 Å². The van der Waals surface area contributed by atoms with Gasteiger partial charge in [0.25, 0.3) is 0 Å². The molecule has 0 fully saturated rings. The van der Waals surface area contributed by atoms with E-state index in [2.05, 4.69) is 41.6 Å². The molecule has 3 nitrogen and oxygen atoms in total. The highest BCUT2D eigenvalue weighted by Gasteiger charge is 2.07. The maximum atomic E-state index is 4.43. The molecule has 0 saturated carbocycles. The topological polar surface area (TPSA) is 29.9 Å². The summed E-state index contributed by atoms with van der Waals surface area (Å²) in [5.74, 6) is 0. The van der Waals surface area contributed by atoms with E-state index in [1.54, 1.807) is 0 Å². The van der Waals surface area contributed by atoms with Crippen molar-refractivity contribution in [1.29, 1.82) is 0 Å². The van der Waals surface area contributed by atoms with Gasteiger partial charge in [0, 0.05) is 12.2 Å². The van der Waals surface area contributed by atoms with E-state index < -0.39 is 0 Å². The number of rotatable bonds is 4. The molecule has 0 spiro atoms. The Morgan fingerprint density at radius 1 is 1.35 bits per heavy atom. The quantitative estimate of drug-likeness (QED) is 0.873. The smallest absolute Gasteiger partial charge is 0.0648 e. The summed E-state index contributed by atoms with van der Waals surface area (Å²) in [6, 6.07) is 10.9. The van der Waals surface area contributed by atoms with Crippen LogP contribution in [0.2, 0.25) is 0 Å². The molecule has 0 amide bonds. The van der Waals surface area contributed by atoms with Gasteiger partial charge in [0.05, 0.1) is 11.4 Å². The van der Waals surface area contributed by atoms with Crippen LogP contribution in [0.15, 0.2) is 36.5 Å². The minimum atomic E-state index is 0.409. The number of aryl methyl sites for hydroxylation is 1. The SMILES string of the molecule is CCC(NC)c1cccc(-n2ccc(C)n2)c1. The largest absolute Gasteiger partial charge is 0.313 e. The van der Waals surface area contributed by atoms with Gasteiger partial charge in [-0.2, -0.15) is 5.10 Å². The van der Waals surface area contributed by atoms with Gasteiger partial charge in [-0.1, -0.05) is 19.1 Å². The second-order valence-corrected chi connectivity index (χ2v) is 4.25. The van der Waals surface area contributed by atoms with Crippen molar-refractivity contribution in [3.8, 4) is 5.69 Å². The van der Waals surface area contributed by atoms with Crippen LogP contribution in [-0.2, 0) is 0 Å². The third-order valence-corrected chi connectivity index (χ3v) is 3.02. The van der Waals surface area contributed by atoms with Crippen LogP contribution in [0.4, 0.5) is 0 Å². The normalized spacial score (nSPS) is 12.6. The Morgan fingerprint density at radius 3 is 2.76 bits per heavy atom. The van der Waals surface area contributed by atoms with Crippen molar-refractivity contribution in [2.45, 2.75) is 26.3 Å². The molecule has 1 aromatic heterocycles. The third-order valence-electron chi connectivity index (χ3n) is 3.02.